The highest BCUT2D eigenvalue weighted by atomic mass is 14.6. The van der Waals surface area contributed by atoms with E-state index in [0.29, 0.717) is 0 Å². The Morgan fingerprint density at radius 3 is 2.43 bits per heavy atom. The maximum Gasteiger partial charge on any atom is 0.0379 e. The molecule has 0 bridgehead atoms. The summed E-state index contributed by atoms with van der Waals surface area (Å²) < 4.78 is 0. The van der Waals surface area contributed by atoms with E-state index in [-0.39, 0.29) is 0 Å². The molecule has 0 amide bonds. The fraction of sp³-hybridized carbons (Fsp3) is 0.154. The quantitative estimate of drug-likeness (QED) is 0.570. The Morgan fingerprint density at radius 2 is 1.79 bits per heavy atom. The molecule has 2 aromatic rings. The van der Waals surface area contributed by atoms with Gasteiger partial charge in [0.25, 0.3) is 0 Å². The van der Waals surface area contributed by atoms with Crippen molar-refractivity contribution in [2.45, 2.75) is 13.8 Å². The molecule has 0 saturated carbocycles. The first-order valence-corrected chi connectivity index (χ1v) is 4.66. The standard InChI is InChI=1S/C10H9N.C3H6/c1-8-6-9-4-2-3-5-10(9)7-11-8;1-3-2/h2-7H,1H3;3H,1H2,2H3. The Labute approximate surface area is 85.1 Å². The second kappa shape index (κ2) is 5.18. The molecule has 0 unspecified atom stereocenters. The van der Waals surface area contributed by atoms with Crippen molar-refractivity contribution in [2.75, 3.05) is 0 Å². The van der Waals surface area contributed by atoms with E-state index in [9.17, 15) is 0 Å². The SMILES string of the molecule is C=CC.Cc1cc2ccccc2cn1. The summed E-state index contributed by atoms with van der Waals surface area (Å²) >= 11 is 0. The van der Waals surface area contributed by atoms with Gasteiger partial charge in [0.15, 0.2) is 0 Å². The number of hydrogen-bond donors (Lipinski definition) is 0. The molecule has 1 heterocycles. The topological polar surface area (TPSA) is 12.9 Å². The number of fused-ring (bicyclic) bond motifs is 1. The third kappa shape index (κ3) is 2.70. The molecule has 0 spiro atoms. The van der Waals surface area contributed by atoms with Crippen molar-refractivity contribution in [3.05, 3.63) is 54.9 Å². The van der Waals surface area contributed by atoms with Gasteiger partial charge in [-0.05, 0) is 25.3 Å². The molecule has 1 nitrogen and oxygen atoms in total. The van der Waals surface area contributed by atoms with E-state index in [2.05, 4.69) is 29.8 Å². The number of aryl methyl sites for hydroxylation is 1. The van der Waals surface area contributed by atoms with Crippen LogP contribution in [0.25, 0.3) is 10.8 Å². The largest absolute Gasteiger partial charge is 0.261 e. The summed E-state index contributed by atoms with van der Waals surface area (Å²) in [4.78, 5) is 4.21. The second-order valence-corrected chi connectivity index (χ2v) is 3.08. The van der Waals surface area contributed by atoms with Crippen molar-refractivity contribution in [2.24, 2.45) is 0 Å². The number of allylic oxidation sites excluding steroid dienone is 1. The van der Waals surface area contributed by atoms with Gasteiger partial charge in [-0.15, -0.1) is 6.58 Å². The predicted molar refractivity (Wildman–Crippen MR) is 62.4 cm³/mol. The van der Waals surface area contributed by atoms with Crippen molar-refractivity contribution in [3.63, 3.8) is 0 Å². The van der Waals surface area contributed by atoms with Gasteiger partial charge in [-0.3, -0.25) is 4.98 Å². The molecule has 2 rings (SSSR count). The molecule has 0 aliphatic heterocycles. The van der Waals surface area contributed by atoms with Crippen molar-refractivity contribution < 1.29 is 0 Å². The summed E-state index contributed by atoms with van der Waals surface area (Å²) in [5.41, 5.74) is 1.07. The first kappa shape index (κ1) is 10.5. The van der Waals surface area contributed by atoms with Crippen LogP contribution in [0, 0.1) is 6.92 Å². The van der Waals surface area contributed by atoms with Crippen LogP contribution in [0.4, 0.5) is 0 Å². The summed E-state index contributed by atoms with van der Waals surface area (Å²) in [6, 6.07) is 10.3. The molecule has 1 heteroatoms. The smallest absolute Gasteiger partial charge is 0.0379 e. The van der Waals surface area contributed by atoms with Crippen LogP contribution in [-0.4, -0.2) is 4.98 Å². The third-order valence-electron chi connectivity index (χ3n) is 1.77. The van der Waals surface area contributed by atoms with Crippen molar-refractivity contribution in [1.29, 1.82) is 0 Å². The predicted octanol–water partition coefficient (Wildman–Crippen LogP) is 3.74. The first-order chi connectivity index (χ1) is 6.77. The van der Waals surface area contributed by atoms with Gasteiger partial charge >= 0.3 is 0 Å². The average molecular weight is 185 g/mol. The molecule has 0 saturated heterocycles. The molecule has 1 aromatic carbocycles. The summed E-state index contributed by atoms with van der Waals surface area (Å²) in [7, 11) is 0. The molecule has 0 radical (unpaired) electrons. The molecule has 0 aliphatic rings. The summed E-state index contributed by atoms with van der Waals surface area (Å²) in [5.74, 6) is 0. The van der Waals surface area contributed by atoms with E-state index in [1.54, 1.807) is 6.08 Å². The van der Waals surface area contributed by atoms with Gasteiger partial charge in [-0.25, -0.2) is 0 Å². The molecule has 0 aliphatic carbocycles. The van der Waals surface area contributed by atoms with Gasteiger partial charge in [0.05, 0.1) is 0 Å². The second-order valence-electron chi connectivity index (χ2n) is 3.08. The Bertz CT molecular complexity index is 418. The fourth-order valence-corrected chi connectivity index (χ4v) is 1.19. The highest BCUT2D eigenvalue weighted by molar-refractivity contribution is 5.81. The summed E-state index contributed by atoms with van der Waals surface area (Å²) in [6.07, 6.45) is 3.66. The number of pyridine rings is 1. The normalized spacial score (nSPS) is 9.00. The highest BCUT2D eigenvalue weighted by Gasteiger charge is 1.90. The first-order valence-electron chi connectivity index (χ1n) is 4.66. The number of hydrogen-bond acceptors (Lipinski definition) is 1. The Kier molecular flexibility index (Phi) is 3.86. The highest BCUT2D eigenvalue weighted by Crippen LogP contribution is 2.12. The molecule has 72 valence electrons. The molecule has 0 atom stereocenters. The Hall–Kier alpha value is -1.63. The van der Waals surface area contributed by atoms with Gasteiger partial charge in [-0.1, -0.05) is 30.3 Å². The van der Waals surface area contributed by atoms with Crippen LogP contribution in [0.3, 0.4) is 0 Å². The zero-order chi connectivity index (χ0) is 10.4. The minimum Gasteiger partial charge on any atom is -0.261 e. The third-order valence-corrected chi connectivity index (χ3v) is 1.77. The van der Waals surface area contributed by atoms with Crippen LogP contribution in [-0.2, 0) is 0 Å². The minimum absolute atomic E-state index is 1.07. The van der Waals surface area contributed by atoms with Crippen LogP contribution in [0.1, 0.15) is 12.6 Å². The zero-order valence-electron chi connectivity index (χ0n) is 8.70. The van der Waals surface area contributed by atoms with Gasteiger partial charge in [0.1, 0.15) is 0 Å². The maximum absolute atomic E-state index is 4.21. The Morgan fingerprint density at radius 1 is 1.21 bits per heavy atom. The van der Waals surface area contributed by atoms with E-state index in [4.69, 9.17) is 0 Å². The van der Waals surface area contributed by atoms with E-state index >= 15 is 0 Å². The molecule has 1 aromatic heterocycles. The summed E-state index contributed by atoms with van der Waals surface area (Å²) in [5, 5.41) is 2.47. The number of benzene rings is 1. The van der Waals surface area contributed by atoms with Gasteiger partial charge in [0.2, 0.25) is 0 Å². The monoisotopic (exact) mass is 185 g/mol. The van der Waals surface area contributed by atoms with Crippen molar-refractivity contribution in [3.8, 4) is 0 Å². The van der Waals surface area contributed by atoms with Crippen LogP contribution >= 0.6 is 0 Å². The number of nitrogens with zero attached hydrogens (tertiary/aromatic N) is 1. The molecule has 0 fully saturated rings. The van der Waals surface area contributed by atoms with E-state index < -0.39 is 0 Å². The van der Waals surface area contributed by atoms with Gasteiger partial charge in [0, 0.05) is 17.3 Å². The van der Waals surface area contributed by atoms with Gasteiger partial charge < -0.3 is 0 Å². The molecule has 14 heavy (non-hydrogen) atoms. The lowest BCUT2D eigenvalue weighted by atomic mass is 10.1. The van der Waals surface area contributed by atoms with Crippen molar-refractivity contribution >= 4 is 10.8 Å². The van der Waals surface area contributed by atoms with Crippen LogP contribution < -0.4 is 0 Å². The molecular formula is C13H15N. The minimum atomic E-state index is 1.07. The maximum atomic E-state index is 4.21. The van der Waals surface area contributed by atoms with E-state index in [0.717, 1.165) is 5.69 Å². The van der Waals surface area contributed by atoms with Crippen LogP contribution in [0.5, 0.6) is 0 Å². The lowest BCUT2D eigenvalue weighted by Gasteiger charge is -1.96. The summed E-state index contributed by atoms with van der Waals surface area (Å²) in [6.45, 7) is 7.26. The zero-order valence-corrected chi connectivity index (χ0v) is 8.70. The fourth-order valence-electron chi connectivity index (χ4n) is 1.19. The number of aromatic nitrogens is 1. The van der Waals surface area contributed by atoms with Crippen LogP contribution in [0.2, 0.25) is 0 Å². The van der Waals surface area contributed by atoms with Gasteiger partial charge in [-0.2, -0.15) is 0 Å². The van der Waals surface area contributed by atoms with E-state index in [1.165, 1.54) is 10.8 Å². The Balaban J connectivity index is 0.000000293. The lowest BCUT2D eigenvalue weighted by molar-refractivity contribution is 1.22. The molecular weight excluding hydrogens is 170 g/mol. The van der Waals surface area contributed by atoms with Crippen LogP contribution in [0.15, 0.2) is 49.2 Å². The van der Waals surface area contributed by atoms with Crippen molar-refractivity contribution in [1.82, 2.24) is 4.98 Å². The number of rotatable bonds is 0. The average Bonchev–Trinajstić information content (AvgIpc) is 2.19. The lowest BCUT2D eigenvalue weighted by Crippen LogP contribution is -1.79. The van der Waals surface area contributed by atoms with E-state index in [1.807, 2.05) is 32.2 Å². The molecule has 0 N–H and O–H groups in total.